The lowest BCUT2D eigenvalue weighted by atomic mass is 9.95. The fraction of sp³-hybridized carbons (Fsp3) is 0.231. The van der Waals surface area contributed by atoms with Gasteiger partial charge in [-0.3, -0.25) is 14.5 Å². The topological polar surface area (TPSA) is 126 Å². The van der Waals surface area contributed by atoms with E-state index in [0.29, 0.717) is 29.2 Å². The number of aromatic hydroxyl groups is 1. The Kier molecular flexibility index (Phi) is 7.07. The molecule has 1 saturated heterocycles. The van der Waals surface area contributed by atoms with Crippen LogP contribution in [0.3, 0.4) is 0 Å². The third kappa shape index (κ3) is 4.55. The molecule has 1 aliphatic rings. The van der Waals surface area contributed by atoms with Crippen LogP contribution >= 0.6 is 11.3 Å². The lowest BCUT2D eigenvalue weighted by Gasteiger charge is -2.23. The van der Waals surface area contributed by atoms with Crippen LogP contribution in [-0.4, -0.2) is 46.6 Å². The predicted octanol–water partition coefficient (Wildman–Crippen LogP) is 4.36. The molecule has 2 aromatic carbocycles. The van der Waals surface area contributed by atoms with Gasteiger partial charge < -0.3 is 19.7 Å². The second kappa shape index (κ2) is 10.2. The molecule has 36 heavy (non-hydrogen) atoms. The number of aliphatic hydroxyl groups excluding tert-OH is 1. The number of esters is 1. The summed E-state index contributed by atoms with van der Waals surface area (Å²) in [6, 6.07) is 11.5. The van der Waals surface area contributed by atoms with Crippen LogP contribution in [0.1, 0.15) is 45.9 Å². The summed E-state index contributed by atoms with van der Waals surface area (Å²) in [7, 11) is 1.24. The molecule has 10 heteroatoms. The molecule has 1 unspecified atom stereocenters. The van der Waals surface area contributed by atoms with Crippen molar-refractivity contribution in [3.63, 3.8) is 0 Å². The SMILES string of the molecule is CCCOc1cccc(/C(O)=C2\C(=O)C(=O)N(c3nc(C)c(C(=O)OC)s3)C2c2ccc(O)cc2)c1. The number of aliphatic hydroxyl groups is 1. The highest BCUT2D eigenvalue weighted by Crippen LogP contribution is 2.44. The summed E-state index contributed by atoms with van der Waals surface area (Å²) in [6.45, 7) is 4.04. The van der Waals surface area contributed by atoms with Crippen molar-refractivity contribution in [2.45, 2.75) is 26.3 Å². The van der Waals surface area contributed by atoms with Gasteiger partial charge in [-0.25, -0.2) is 9.78 Å². The molecule has 1 aromatic heterocycles. The molecule has 2 heterocycles. The molecule has 1 aliphatic heterocycles. The predicted molar refractivity (Wildman–Crippen MR) is 133 cm³/mol. The summed E-state index contributed by atoms with van der Waals surface area (Å²) < 4.78 is 10.4. The highest BCUT2D eigenvalue weighted by molar-refractivity contribution is 7.17. The normalized spacial score (nSPS) is 16.9. The summed E-state index contributed by atoms with van der Waals surface area (Å²) in [5.41, 5.74) is 0.954. The highest BCUT2D eigenvalue weighted by Gasteiger charge is 2.48. The molecule has 2 N–H and O–H groups in total. The standard InChI is InChI=1S/C26H24N2O7S/c1-4-12-35-18-7-5-6-16(13-18)21(30)19-20(15-8-10-17(29)11-9-15)28(24(32)22(19)31)26-27-14(2)23(36-26)25(33)34-3/h5-11,13,20,29-30H,4,12H2,1-3H3/b21-19+. The van der Waals surface area contributed by atoms with Crippen molar-refractivity contribution >= 4 is 39.9 Å². The van der Waals surface area contributed by atoms with Gasteiger partial charge in [0.15, 0.2) is 5.13 Å². The van der Waals surface area contributed by atoms with Gasteiger partial charge in [0.05, 0.1) is 31.0 Å². The summed E-state index contributed by atoms with van der Waals surface area (Å²) in [4.78, 5) is 44.4. The van der Waals surface area contributed by atoms with Gasteiger partial charge in [-0.15, -0.1) is 0 Å². The minimum Gasteiger partial charge on any atom is -0.508 e. The fourth-order valence-corrected chi connectivity index (χ4v) is 4.89. The van der Waals surface area contributed by atoms with Crippen LogP contribution in [0.15, 0.2) is 54.1 Å². The number of rotatable bonds is 7. The first kappa shape index (κ1) is 24.9. The number of hydrogen-bond donors (Lipinski definition) is 2. The van der Waals surface area contributed by atoms with Crippen LogP contribution < -0.4 is 9.64 Å². The maximum atomic E-state index is 13.3. The largest absolute Gasteiger partial charge is 0.508 e. The van der Waals surface area contributed by atoms with E-state index in [1.165, 1.54) is 19.2 Å². The molecule has 0 bridgehead atoms. The number of amides is 1. The van der Waals surface area contributed by atoms with Crippen molar-refractivity contribution in [1.29, 1.82) is 0 Å². The number of phenolic OH excluding ortho intramolecular Hbond substituents is 1. The Bertz CT molecular complexity index is 1360. The third-order valence-electron chi connectivity index (χ3n) is 5.60. The van der Waals surface area contributed by atoms with Crippen molar-refractivity contribution in [2.24, 2.45) is 0 Å². The number of phenols is 1. The molecule has 0 spiro atoms. The maximum Gasteiger partial charge on any atom is 0.350 e. The van der Waals surface area contributed by atoms with E-state index in [1.54, 1.807) is 43.3 Å². The number of carbonyl (C=O) groups is 3. The molecular formula is C26H24N2O7S. The first-order valence-electron chi connectivity index (χ1n) is 11.2. The van der Waals surface area contributed by atoms with Gasteiger partial charge in [0, 0.05) is 5.56 Å². The molecule has 1 atom stereocenters. The number of ether oxygens (including phenoxy) is 2. The van der Waals surface area contributed by atoms with E-state index in [2.05, 4.69) is 4.98 Å². The average molecular weight is 509 g/mol. The molecule has 186 valence electrons. The van der Waals surface area contributed by atoms with E-state index in [-0.39, 0.29) is 27.1 Å². The fourth-order valence-electron chi connectivity index (χ4n) is 3.88. The molecule has 1 fully saturated rings. The van der Waals surface area contributed by atoms with E-state index in [9.17, 15) is 24.6 Å². The van der Waals surface area contributed by atoms with E-state index >= 15 is 0 Å². The summed E-state index contributed by atoms with van der Waals surface area (Å²) in [5.74, 6) is -2.30. The summed E-state index contributed by atoms with van der Waals surface area (Å²) >= 11 is 0.912. The monoisotopic (exact) mass is 508 g/mol. The van der Waals surface area contributed by atoms with Gasteiger partial charge >= 0.3 is 11.9 Å². The maximum absolute atomic E-state index is 13.3. The van der Waals surface area contributed by atoms with Crippen LogP contribution in [-0.2, 0) is 14.3 Å². The molecule has 1 amide bonds. The summed E-state index contributed by atoms with van der Waals surface area (Å²) in [6.07, 6.45) is 0.795. The van der Waals surface area contributed by atoms with Crippen molar-refractivity contribution in [2.75, 3.05) is 18.6 Å². The Labute approximate surface area is 211 Å². The quantitative estimate of drug-likeness (QED) is 0.209. The lowest BCUT2D eigenvalue weighted by molar-refractivity contribution is -0.132. The van der Waals surface area contributed by atoms with Crippen LogP contribution in [0, 0.1) is 6.92 Å². The van der Waals surface area contributed by atoms with Crippen LogP contribution in [0.2, 0.25) is 0 Å². The number of thiazole rings is 1. The summed E-state index contributed by atoms with van der Waals surface area (Å²) in [5, 5.41) is 21.2. The zero-order valence-electron chi connectivity index (χ0n) is 19.8. The minimum atomic E-state index is -1.05. The molecular weight excluding hydrogens is 484 g/mol. The Balaban J connectivity index is 1.89. The lowest BCUT2D eigenvalue weighted by Crippen LogP contribution is -2.29. The van der Waals surface area contributed by atoms with Crippen LogP contribution in [0.4, 0.5) is 5.13 Å². The van der Waals surface area contributed by atoms with Crippen molar-refractivity contribution < 1.29 is 34.1 Å². The van der Waals surface area contributed by atoms with Crippen LogP contribution in [0.5, 0.6) is 11.5 Å². The number of aryl methyl sites for hydroxylation is 1. The number of methoxy groups -OCH3 is 1. The molecule has 0 aliphatic carbocycles. The number of hydrogen-bond acceptors (Lipinski definition) is 9. The van der Waals surface area contributed by atoms with Gasteiger partial charge in [0.2, 0.25) is 0 Å². The molecule has 0 saturated carbocycles. The Morgan fingerprint density at radius 3 is 2.56 bits per heavy atom. The second-order valence-corrected chi connectivity index (χ2v) is 9.02. The molecule has 4 rings (SSSR count). The number of benzene rings is 2. The van der Waals surface area contributed by atoms with Gasteiger partial charge in [-0.2, -0.15) is 0 Å². The average Bonchev–Trinajstić information content (AvgIpc) is 3.39. The Hall–Kier alpha value is -4.18. The molecule has 0 radical (unpaired) electrons. The molecule has 3 aromatic rings. The zero-order chi connectivity index (χ0) is 26.0. The number of nitrogens with zero attached hydrogens (tertiary/aromatic N) is 2. The second-order valence-electron chi connectivity index (χ2n) is 8.04. The smallest absolute Gasteiger partial charge is 0.350 e. The number of ketones is 1. The number of aromatic nitrogens is 1. The van der Waals surface area contributed by atoms with Crippen molar-refractivity contribution in [3.05, 3.63) is 75.8 Å². The first-order chi connectivity index (χ1) is 17.3. The van der Waals surface area contributed by atoms with Gasteiger partial charge in [0.25, 0.3) is 5.78 Å². The highest BCUT2D eigenvalue weighted by atomic mass is 32.1. The number of carbonyl (C=O) groups excluding carboxylic acids is 3. The number of Topliss-reactive ketones (excluding diaryl/α,β-unsaturated/α-hetero) is 1. The van der Waals surface area contributed by atoms with Crippen molar-refractivity contribution in [3.8, 4) is 11.5 Å². The number of anilines is 1. The molecule has 9 nitrogen and oxygen atoms in total. The van der Waals surface area contributed by atoms with Gasteiger partial charge in [-0.05, 0) is 43.2 Å². The third-order valence-corrected chi connectivity index (χ3v) is 6.73. The zero-order valence-corrected chi connectivity index (χ0v) is 20.7. The Morgan fingerprint density at radius 1 is 1.17 bits per heavy atom. The van der Waals surface area contributed by atoms with E-state index < -0.39 is 23.7 Å². The van der Waals surface area contributed by atoms with E-state index in [4.69, 9.17) is 9.47 Å². The van der Waals surface area contributed by atoms with E-state index in [1.807, 2.05) is 6.92 Å². The van der Waals surface area contributed by atoms with Gasteiger partial charge in [0.1, 0.15) is 22.1 Å². The van der Waals surface area contributed by atoms with Gasteiger partial charge in [-0.1, -0.05) is 42.5 Å². The van der Waals surface area contributed by atoms with Crippen molar-refractivity contribution in [1.82, 2.24) is 4.98 Å². The Morgan fingerprint density at radius 2 is 1.89 bits per heavy atom. The minimum absolute atomic E-state index is 0.00505. The van der Waals surface area contributed by atoms with E-state index in [0.717, 1.165) is 22.7 Å². The van der Waals surface area contributed by atoms with Crippen LogP contribution in [0.25, 0.3) is 5.76 Å². The first-order valence-corrected chi connectivity index (χ1v) is 12.0.